The van der Waals surface area contributed by atoms with Crippen molar-refractivity contribution >= 4 is 16.0 Å². The van der Waals surface area contributed by atoms with E-state index in [4.69, 9.17) is 0 Å². The molecule has 158 valence electrons. The van der Waals surface area contributed by atoms with Crippen molar-refractivity contribution in [3.8, 4) is 0 Å². The number of guanidine groups is 1. The number of rotatable bonds is 8. The van der Waals surface area contributed by atoms with Crippen LogP contribution in [0, 0.1) is 5.82 Å². The van der Waals surface area contributed by atoms with Crippen LogP contribution < -0.4 is 10.6 Å². The van der Waals surface area contributed by atoms with Crippen LogP contribution in [0.5, 0.6) is 0 Å². The highest BCUT2D eigenvalue weighted by Crippen LogP contribution is 2.17. The van der Waals surface area contributed by atoms with Gasteiger partial charge in [0.05, 0.1) is 4.90 Å². The van der Waals surface area contributed by atoms with Gasteiger partial charge in [0.2, 0.25) is 10.0 Å². The molecule has 0 spiro atoms. The molecule has 6 nitrogen and oxygen atoms in total. The molecule has 29 heavy (non-hydrogen) atoms. The van der Waals surface area contributed by atoms with Gasteiger partial charge in [0, 0.05) is 33.2 Å². The molecule has 0 aromatic heterocycles. The minimum atomic E-state index is -3.49. The molecule has 2 aromatic rings. The van der Waals surface area contributed by atoms with E-state index >= 15 is 0 Å². The summed E-state index contributed by atoms with van der Waals surface area (Å²) in [7, 11) is -0.248. The molecular weight excluding hydrogens is 391 g/mol. The van der Waals surface area contributed by atoms with Gasteiger partial charge in [-0.05, 0) is 49.6 Å². The summed E-state index contributed by atoms with van der Waals surface area (Å²) in [5.41, 5.74) is 1.58. The molecule has 2 rings (SSSR count). The van der Waals surface area contributed by atoms with E-state index in [9.17, 15) is 12.8 Å². The van der Waals surface area contributed by atoms with E-state index in [1.165, 1.54) is 10.4 Å². The average Bonchev–Trinajstić information content (AvgIpc) is 2.71. The van der Waals surface area contributed by atoms with Crippen LogP contribution in [0.4, 0.5) is 4.39 Å². The number of benzene rings is 2. The second-order valence-electron chi connectivity index (χ2n) is 6.95. The topological polar surface area (TPSA) is 73.8 Å². The molecule has 0 unspecified atom stereocenters. The molecule has 8 heteroatoms. The van der Waals surface area contributed by atoms with Gasteiger partial charge in [-0.25, -0.2) is 12.8 Å². The summed E-state index contributed by atoms with van der Waals surface area (Å²) in [5, 5.41) is 6.32. The van der Waals surface area contributed by atoms with Crippen LogP contribution in [0.15, 0.2) is 58.4 Å². The van der Waals surface area contributed by atoms with Crippen LogP contribution >= 0.6 is 0 Å². The van der Waals surface area contributed by atoms with Crippen molar-refractivity contribution in [1.82, 2.24) is 14.9 Å². The van der Waals surface area contributed by atoms with E-state index < -0.39 is 10.0 Å². The Kier molecular flexibility index (Phi) is 8.16. The quantitative estimate of drug-likeness (QED) is 0.509. The fourth-order valence-electron chi connectivity index (χ4n) is 2.65. The third-order valence-corrected chi connectivity index (χ3v) is 6.70. The number of nitrogens with zero attached hydrogens (tertiary/aromatic N) is 2. The fraction of sp³-hybridized carbons (Fsp3) is 0.381. The van der Waals surface area contributed by atoms with Crippen LogP contribution in [-0.2, 0) is 23.0 Å². The van der Waals surface area contributed by atoms with Crippen LogP contribution in [0.2, 0.25) is 0 Å². The van der Waals surface area contributed by atoms with Gasteiger partial charge < -0.3 is 10.6 Å². The van der Waals surface area contributed by atoms with Crippen molar-refractivity contribution in [3.05, 3.63) is 65.5 Å². The van der Waals surface area contributed by atoms with Gasteiger partial charge in [-0.3, -0.25) is 4.99 Å². The number of nitrogens with one attached hydrogen (secondary N) is 2. The lowest BCUT2D eigenvalue weighted by molar-refractivity contribution is 0.410. The molecule has 0 amide bonds. The normalized spacial score (nSPS) is 12.4. The van der Waals surface area contributed by atoms with E-state index in [0.717, 1.165) is 5.56 Å². The van der Waals surface area contributed by atoms with Crippen LogP contribution in [-0.4, -0.2) is 45.4 Å². The van der Waals surface area contributed by atoms with Gasteiger partial charge in [0.1, 0.15) is 5.82 Å². The molecule has 0 saturated heterocycles. The highest BCUT2D eigenvalue weighted by atomic mass is 32.2. The van der Waals surface area contributed by atoms with Crippen molar-refractivity contribution in [2.75, 3.05) is 20.6 Å². The maximum atomic E-state index is 13.7. The molecule has 0 heterocycles. The zero-order valence-electron chi connectivity index (χ0n) is 17.3. The minimum Gasteiger partial charge on any atom is -0.356 e. The van der Waals surface area contributed by atoms with E-state index in [0.29, 0.717) is 31.0 Å². The Hall–Kier alpha value is -2.45. The molecule has 0 fully saturated rings. The Bertz CT molecular complexity index is 928. The highest BCUT2D eigenvalue weighted by Gasteiger charge is 2.22. The standard InChI is InChI=1S/C21H29FN4O2S/c1-16(2)26(4)29(27,28)19-11-9-17(10-12-19)15-25-21(23-3)24-14-13-18-7-5-6-8-20(18)22/h5-12,16H,13-15H2,1-4H3,(H2,23,24,25). The Morgan fingerprint density at radius 2 is 1.76 bits per heavy atom. The smallest absolute Gasteiger partial charge is 0.243 e. The van der Waals surface area contributed by atoms with E-state index in [2.05, 4.69) is 15.6 Å². The average molecular weight is 421 g/mol. The second-order valence-corrected chi connectivity index (χ2v) is 8.95. The summed E-state index contributed by atoms with van der Waals surface area (Å²) in [4.78, 5) is 4.42. The third kappa shape index (κ3) is 6.27. The van der Waals surface area contributed by atoms with Crippen molar-refractivity contribution in [1.29, 1.82) is 0 Å². The number of halogens is 1. The molecule has 0 saturated carbocycles. The van der Waals surface area contributed by atoms with Crippen molar-refractivity contribution in [3.63, 3.8) is 0 Å². The van der Waals surface area contributed by atoms with Gasteiger partial charge >= 0.3 is 0 Å². The van der Waals surface area contributed by atoms with Crippen molar-refractivity contribution in [2.24, 2.45) is 4.99 Å². The van der Waals surface area contributed by atoms with Gasteiger partial charge in [-0.15, -0.1) is 0 Å². The summed E-state index contributed by atoms with van der Waals surface area (Å²) in [6.07, 6.45) is 0.545. The van der Waals surface area contributed by atoms with Crippen molar-refractivity contribution < 1.29 is 12.8 Å². The zero-order valence-corrected chi connectivity index (χ0v) is 18.1. The summed E-state index contributed by atoms with van der Waals surface area (Å²) < 4.78 is 40.0. The lowest BCUT2D eigenvalue weighted by Gasteiger charge is -2.21. The first-order valence-corrected chi connectivity index (χ1v) is 10.9. The van der Waals surface area contributed by atoms with Crippen LogP contribution in [0.25, 0.3) is 0 Å². The molecule has 0 atom stereocenters. The minimum absolute atomic E-state index is 0.111. The number of sulfonamides is 1. The molecule has 0 radical (unpaired) electrons. The first-order valence-electron chi connectivity index (χ1n) is 9.50. The second kappa shape index (κ2) is 10.4. The fourth-order valence-corrected chi connectivity index (χ4v) is 4.01. The summed E-state index contributed by atoms with van der Waals surface area (Å²) in [6, 6.07) is 13.4. The van der Waals surface area contributed by atoms with Gasteiger partial charge in [-0.1, -0.05) is 30.3 Å². The molecule has 0 aliphatic carbocycles. The predicted octanol–water partition coefficient (Wildman–Crippen LogP) is 2.76. The SMILES string of the molecule is CN=C(NCCc1ccccc1F)NCc1ccc(S(=O)(=O)N(C)C(C)C)cc1. The summed E-state index contributed by atoms with van der Waals surface area (Å²) >= 11 is 0. The van der Waals surface area contributed by atoms with E-state index in [-0.39, 0.29) is 16.8 Å². The highest BCUT2D eigenvalue weighted by molar-refractivity contribution is 7.89. The summed E-state index contributed by atoms with van der Waals surface area (Å²) in [6.45, 7) is 4.69. The first-order chi connectivity index (χ1) is 13.8. The Morgan fingerprint density at radius 1 is 1.10 bits per heavy atom. The van der Waals surface area contributed by atoms with Crippen LogP contribution in [0.3, 0.4) is 0 Å². The van der Waals surface area contributed by atoms with Gasteiger partial charge in [0.15, 0.2) is 5.96 Å². The van der Waals surface area contributed by atoms with Crippen molar-refractivity contribution in [2.45, 2.75) is 37.8 Å². The zero-order chi connectivity index (χ0) is 21.4. The third-order valence-electron chi connectivity index (χ3n) is 4.66. The number of aliphatic imine (C=N–C) groups is 1. The van der Waals surface area contributed by atoms with Gasteiger partial charge in [-0.2, -0.15) is 4.31 Å². The molecule has 2 N–H and O–H groups in total. The van der Waals surface area contributed by atoms with E-state index in [1.54, 1.807) is 50.5 Å². The molecule has 0 aliphatic rings. The monoisotopic (exact) mass is 420 g/mol. The molecule has 2 aromatic carbocycles. The molecular formula is C21H29FN4O2S. The molecule has 0 bridgehead atoms. The predicted molar refractivity (Wildman–Crippen MR) is 115 cm³/mol. The Labute approximate surface area is 172 Å². The number of hydrogen-bond donors (Lipinski definition) is 2. The summed E-state index contributed by atoms with van der Waals surface area (Å²) in [5.74, 6) is 0.382. The lowest BCUT2D eigenvalue weighted by atomic mass is 10.1. The Morgan fingerprint density at radius 3 is 2.34 bits per heavy atom. The lowest BCUT2D eigenvalue weighted by Crippen LogP contribution is -2.38. The van der Waals surface area contributed by atoms with E-state index in [1.807, 2.05) is 19.9 Å². The maximum absolute atomic E-state index is 13.7. The van der Waals surface area contributed by atoms with Crippen LogP contribution in [0.1, 0.15) is 25.0 Å². The maximum Gasteiger partial charge on any atom is 0.243 e. The Balaban J connectivity index is 1.89. The number of hydrogen-bond acceptors (Lipinski definition) is 3. The first kappa shape index (κ1) is 22.8. The van der Waals surface area contributed by atoms with Gasteiger partial charge in [0.25, 0.3) is 0 Å². The largest absolute Gasteiger partial charge is 0.356 e. The molecule has 0 aliphatic heterocycles.